The van der Waals surface area contributed by atoms with E-state index in [1.165, 1.54) is 5.56 Å². The largest absolute Gasteiger partial charge is 0.370 e. The van der Waals surface area contributed by atoms with E-state index in [1.807, 2.05) is 12.1 Å². The van der Waals surface area contributed by atoms with Crippen LogP contribution in [0.15, 0.2) is 29.3 Å². The number of nitrogens with one attached hydrogen (secondary N) is 1. The molecule has 0 unspecified atom stereocenters. The van der Waals surface area contributed by atoms with Gasteiger partial charge in [-0.1, -0.05) is 19.1 Å². The first kappa shape index (κ1) is 9.58. The Kier molecular flexibility index (Phi) is 3.31. The Morgan fingerprint density at radius 2 is 2.00 bits per heavy atom. The zero-order valence-corrected chi connectivity index (χ0v) is 8.04. The molecule has 70 valence electrons. The van der Waals surface area contributed by atoms with Crippen LogP contribution in [0, 0.1) is 0 Å². The highest BCUT2D eigenvalue weighted by molar-refractivity contribution is 5.92. The lowest BCUT2D eigenvalue weighted by Crippen LogP contribution is -2.21. The molecule has 0 saturated heterocycles. The Morgan fingerprint density at radius 3 is 2.46 bits per heavy atom. The van der Waals surface area contributed by atoms with Gasteiger partial charge in [0.15, 0.2) is 5.96 Å². The van der Waals surface area contributed by atoms with Gasteiger partial charge in [-0.05, 0) is 24.1 Å². The van der Waals surface area contributed by atoms with Crippen molar-refractivity contribution < 1.29 is 0 Å². The Balaban J connectivity index is 2.69. The topological polar surface area (TPSA) is 50.4 Å². The number of anilines is 1. The lowest BCUT2D eigenvalue weighted by molar-refractivity contribution is 1.14. The smallest absolute Gasteiger partial charge is 0.192 e. The number of hydrogen-bond donors (Lipinski definition) is 2. The first-order valence-electron chi connectivity index (χ1n) is 4.34. The second-order valence-corrected chi connectivity index (χ2v) is 2.78. The molecule has 0 radical (unpaired) electrons. The molecular formula is C10H15N3. The van der Waals surface area contributed by atoms with Crippen LogP contribution in [0.3, 0.4) is 0 Å². The third-order valence-corrected chi connectivity index (χ3v) is 1.88. The Hall–Kier alpha value is -1.51. The van der Waals surface area contributed by atoms with Crippen LogP contribution in [0.2, 0.25) is 0 Å². The summed E-state index contributed by atoms with van der Waals surface area (Å²) in [5, 5.41) is 2.97. The lowest BCUT2D eigenvalue weighted by atomic mass is 10.1. The van der Waals surface area contributed by atoms with Gasteiger partial charge >= 0.3 is 0 Å². The Morgan fingerprint density at radius 1 is 1.38 bits per heavy atom. The number of aliphatic imine (C=N–C) groups is 1. The predicted octanol–water partition coefficient (Wildman–Crippen LogP) is 1.61. The van der Waals surface area contributed by atoms with Crippen molar-refractivity contribution in [2.45, 2.75) is 13.3 Å². The van der Waals surface area contributed by atoms with Crippen molar-refractivity contribution in [3.8, 4) is 0 Å². The molecule has 0 amide bonds. The van der Waals surface area contributed by atoms with E-state index < -0.39 is 0 Å². The standard InChI is InChI=1S/C10H15N3/c1-3-8-4-6-9(7-5-8)13-10(11)12-2/h4-7H,3H2,1-2H3,(H3,11,12,13). The fourth-order valence-corrected chi connectivity index (χ4v) is 1.03. The molecule has 1 aromatic carbocycles. The van der Waals surface area contributed by atoms with Gasteiger partial charge in [-0.2, -0.15) is 0 Å². The molecule has 3 N–H and O–H groups in total. The summed E-state index contributed by atoms with van der Waals surface area (Å²) < 4.78 is 0. The highest BCUT2D eigenvalue weighted by Gasteiger charge is 1.93. The van der Waals surface area contributed by atoms with E-state index in [-0.39, 0.29) is 0 Å². The fraction of sp³-hybridized carbons (Fsp3) is 0.300. The second-order valence-electron chi connectivity index (χ2n) is 2.78. The first-order chi connectivity index (χ1) is 6.26. The van der Waals surface area contributed by atoms with E-state index in [1.54, 1.807) is 7.05 Å². The second kappa shape index (κ2) is 4.50. The zero-order chi connectivity index (χ0) is 9.68. The Bertz CT molecular complexity index is 288. The van der Waals surface area contributed by atoms with Gasteiger partial charge in [0.05, 0.1) is 0 Å². The van der Waals surface area contributed by atoms with Crippen molar-refractivity contribution in [2.75, 3.05) is 12.4 Å². The molecule has 0 saturated carbocycles. The normalized spacial score (nSPS) is 11.4. The van der Waals surface area contributed by atoms with Gasteiger partial charge in [0, 0.05) is 12.7 Å². The molecule has 0 bridgehead atoms. The number of rotatable bonds is 2. The van der Waals surface area contributed by atoms with Gasteiger partial charge in [0.1, 0.15) is 0 Å². The van der Waals surface area contributed by atoms with E-state index in [2.05, 4.69) is 29.4 Å². The average Bonchev–Trinajstić information content (AvgIpc) is 2.19. The number of benzene rings is 1. The van der Waals surface area contributed by atoms with E-state index in [0.29, 0.717) is 5.96 Å². The van der Waals surface area contributed by atoms with E-state index in [9.17, 15) is 0 Å². The van der Waals surface area contributed by atoms with Crippen LogP contribution in [0.25, 0.3) is 0 Å². The average molecular weight is 177 g/mol. The van der Waals surface area contributed by atoms with Crippen LogP contribution in [0.4, 0.5) is 5.69 Å². The summed E-state index contributed by atoms with van der Waals surface area (Å²) in [6.45, 7) is 2.13. The van der Waals surface area contributed by atoms with Crippen LogP contribution in [-0.2, 0) is 6.42 Å². The maximum Gasteiger partial charge on any atom is 0.192 e. The van der Waals surface area contributed by atoms with E-state index in [0.717, 1.165) is 12.1 Å². The third kappa shape index (κ3) is 2.78. The summed E-state index contributed by atoms with van der Waals surface area (Å²) >= 11 is 0. The quantitative estimate of drug-likeness (QED) is 0.532. The van der Waals surface area contributed by atoms with Crippen LogP contribution in [-0.4, -0.2) is 13.0 Å². The van der Waals surface area contributed by atoms with Gasteiger partial charge < -0.3 is 11.1 Å². The molecular weight excluding hydrogens is 162 g/mol. The van der Waals surface area contributed by atoms with Crippen LogP contribution in [0.1, 0.15) is 12.5 Å². The molecule has 0 heterocycles. The van der Waals surface area contributed by atoms with Gasteiger partial charge in [-0.25, -0.2) is 0 Å². The SMILES string of the molecule is CCc1ccc(NC(N)=NC)cc1. The summed E-state index contributed by atoms with van der Waals surface area (Å²) in [7, 11) is 1.66. The van der Waals surface area contributed by atoms with Crippen LogP contribution >= 0.6 is 0 Å². The van der Waals surface area contributed by atoms with Gasteiger partial charge in [-0.15, -0.1) is 0 Å². The minimum absolute atomic E-state index is 0.434. The number of hydrogen-bond acceptors (Lipinski definition) is 1. The minimum Gasteiger partial charge on any atom is -0.370 e. The first-order valence-corrected chi connectivity index (χ1v) is 4.34. The number of nitrogens with two attached hydrogens (primary N) is 1. The molecule has 1 aromatic rings. The molecule has 3 heteroatoms. The molecule has 1 rings (SSSR count). The number of aryl methyl sites for hydroxylation is 1. The maximum absolute atomic E-state index is 5.51. The maximum atomic E-state index is 5.51. The minimum atomic E-state index is 0.434. The van der Waals surface area contributed by atoms with Crippen molar-refractivity contribution in [1.82, 2.24) is 0 Å². The van der Waals surface area contributed by atoms with Crippen molar-refractivity contribution in [3.63, 3.8) is 0 Å². The highest BCUT2D eigenvalue weighted by Crippen LogP contribution is 2.09. The number of nitrogens with zero attached hydrogens (tertiary/aromatic N) is 1. The molecule has 0 fully saturated rings. The van der Waals surface area contributed by atoms with Crippen LogP contribution in [0.5, 0.6) is 0 Å². The molecule has 0 atom stereocenters. The van der Waals surface area contributed by atoms with Crippen molar-refractivity contribution >= 4 is 11.6 Å². The summed E-state index contributed by atoms with van der Waals surface area (Å²) in [6.07, 6.45) is 1.05. The molecule has 0 aliphatic heterocycles. The highest BCUT2D eigenvalue weighted by atomic mass is 15.1. The van der Waals surface area contributed by atoms with Crippen LogP contribution < -0.4 is 11.1 Å². The van der Waals surface area contributed by atoms with E-state index >= 15 is 0 Å². The van der Waals surface area contributed by atoms with Gasteiger partial charge in [0.25, 0.3) is 0 Å². The zero-order valence-electron chi connectivity index (χ0n) is 8.04. The monoisotopic (exact) mass is 177 g/mol. The fourth-order valence-electron chi connectivity index (χ4n) is 1.03. The molecule has 3 nitrogen and oxygen atoms in total. The number of guanidine groups is 1. The van der Waals surface area contributed by atoms with E-state index in [4.69, 9.17) is 5.73 Å². The molecule has 13 heavy (non-hydrogen) atoms. The van der Waals surface area contributed by atoms with Gasteiger partial charge in [-0.3, -0.25) is 4.99 Å². The van der Waals surface area contributed by atoms with Crippen molar-refractivity contribution in [1.29, 1.82) is 0 Å². The third-order valence-electron chi connectivity index (χ3n) is 1.88. The van der Waals surface area contributed by atoms with Gasteiger partial charge in [0.2, 0.25) is 0 Å². The predicted molar refractivity (Wildman–Crippen MR) is 57.0 cm³/mol. The summed E-state index contributed by atoms with van der Waals surface area (Å²) in [5.74, 6) is 0.434. The molecule has 0 spiro atoms. The van der Waals surface area contributed by atoms with Crippen molar-refractivity contribution in [2.24, 2.45) is 10.7 Å². The molecule has 0 aliphatic carbocycles. The molecule has 0 aliphatic rings. The molecule has 0 aromatic heterocycles. The Labute approximate surface area is 78.7 Å². The lowest BCUT2D eigenvalue weighted by Gasteiger charge is -2.04. The van der Waals surface area contributed by atoms with Crippen molar-refractivity contribution in [3.05, 3.63) is 29.8 Å². The summed E-state index contributed by atoms with van der Waals surface area (Å²) in [4.78, 5) is 3.81. The summed E-state index contributed by atoms with van der Waals surface area (Å²) in [5.41, 5.74) is 7.80. The summed E-state index contributed by atoms with van der Waals surface area (Å²) in [6, 6.07) is 8.14.